The van der Waals surface area contributed by atoms with Crippen LogP contribution in [0.15, 0.2) is 12.4 Å². The van der Waals surface area contributed by atoms with Gasteiger partial charge >= 0.3 is 23.9 Å². The van der Waals surface area contributed by atoms with Gasteiger partial charge in [0.2, 0.25) is 0 Å². The summed E-state index contributed by atoms with van der Waals surface area (Å²) in [7, 11) is 1.27. The Bertz CT molecular complexity index is 1140. The first-order valence-corrected chi connectivity index (χ1v) is 11.0. The highest BCUT2D eigenvalue weighted by atomic mass is 16.7. The molecule has 0 saturated carbocycles. The standard InChI is InChI=1S/C21H28N6O9/c1-10-16(34-11(2)28)17(35-12(3)29)18(36-13(4)30)19(33-10)26-8-14(22-24-26)15-9-27(25-23-15)21(5,6)20(31)32-7/h8-10,16-19H,1-7H3/t10-,16+,17+,18-,19-/m1/s1. The third kappa shape index (κ3) is 5.50. The van der Waals surface area contributed by atoms with E-state index in [4.69, 9.17) is 23.7 Å². The van der Waals surface area contributed by atoms with Crippen molar-refractivity contribution < 1.29 is 42.9 Å². The number of hydrogen-bond donors (Lipinski definition) is 0. The summed E-state index contributed by atoms with van der Waals surface area (Å²) in [5.41, 5.74) is -0.562. The molecule has 15 heteroatoms. The van der Waals surface area contributed by atoms with E-state index in [9.17, 15) is 19.2 Å². The molecule has 1 saturated heterocycles. The van der Waals surface area contributed by atoms with E-state index in [0.717, 1.165) is 0 Å². The summed E-state index contributed by atoms with van der Waals surface area (Å²) in [5.74, 6) is -2.51. The molecule has 1 aliphatic rings. The lowest BCUT2D eigenvalue weighted by molar-refractivity contribution is -0.261. The fraction of sp³-hybridized carbons (Fsp3) is 0.619. The average Bonchev–Trinajstić information content (AvgIpc) is 3.46. The van der Waals surface area contributed by atoms with Gasteiger partial charge in [-0.2, -0.15) is 0 Å². The minimum Gasteiger partial charge on any atom is -0.467 e. The van der Waals surface area contributed by atoms with E-state index in [2.05, 4.69) is 20.6 Å². The Hall–Kier alpha value is -3.88. The number of rotatable bonds is 7. The zero-order chi connectivity index (χ0) is 26.8. The predicted molar refractivity (Wildman–Crippen MR) is 117 cm³/mol. The molecule has 3 rings (SSSR count). The third-order valence-electron chi connectivity index (χ3n) is 5.44. The van der Waals surface area contributed by atoms with Crippen molar-refractivity contribution in [2.45, 2.75) is 77.7 Å². The quantitative estimate of drug-likeness (QED) is 0.365. The van der Waals surface area contributed by atoms with Crippen LogP contribution in [-0.4, -0.2) is 85.4 Å². The van der Waals surface area contributed by atoms with Crippen molar-refractivity contribution in [1.82, 2.24) is 30.0 Å². The molecule has 2 aromatic heterocycles. The normalized spacial score (nSPS) is 24.0. The van der Waals surface area contributed by atoms with Crippen LogP contribution in [0.25, 0.3) is 11.4 Å². The van der Waals surface area contributed by atoms with E-state index in [1.54, 1.807) is 20.8 Å². The van der Waals surface area contributed by atoms with E-state index in [1.807, 2.05) is 0 Å². The Morgan fingerprint density at radius 1 is 0.861 bits per heavy atom. The molecule has 1 aliphatic heterocycles. The molecule has 0 radical (unpaired) electrons. The molecule has 0 spiro atoms. The topological polar surface area (TPSA) is 176 Å². The van der Waals surface area contributed by atoms with E-state index >= 15 is 0 Å². The molecule has 1 fully saturated rings. The molecule has 196 valence electrons. The molecular formula is C21H28N6O9. The van der Waals surface area contributed by atoms with Crippen molar-refractivity contribution in [3.05, 3.63) is 12.4 Å². The number of carbonyl (C=O) groups excluding carboxylic acids is 4. The first-order chi connectivity index (χ1) is 16.8. The second-order valence-electron chi connectivity index (χ2n) is 8.64. The van der Waals surface area contributed by atoms with Gasteiger partial charge in [0.15, 0.2) is 30.1 Å². The molecule has 0 N–H and O–H groups in total. The van der Waals surface area contributed by atoms with Gasteiger partial charge in [-0.3, -0.25) is 14.4 Å². The number of ether oxygens (including phenoxy) is 5. The smallest absolute Gasteiger partial charge is 0.333 e. The van der Waals surface area contributed by atoms with Gasteiger partial charge in [-0.05, 0) is 20.8 Å². The molecule has 36 heavy (non-hydrogen) atoms. The van der Waals surface area contributed by atoms with Gasteiger partial charge in [0.25, 0.3) is 0 Å². The Morgan fingerprint density at radius 2 is 1.39 bits per heavy atom. The van der Waals surface area contributed by atoms with Gasteiger partial charge in [-0.15, -0.1) is 10.2 Å². The minimum absolute atomic E-state index is 0.269. The van der Waals surface area contributed by atoms with Crippen molar-refractivity contribution in [3.8, 4) is 11.4 Å². The van der Waals surface area contributed by atoms with E-state index in [-0.39, 0.29) is 5.69 Å². The first kappa shape index (κ1) is 26.7. The number of methoxy groups -OCH3 is 1. The van der Waals surface area contributed by atoms with Gasteiger partial charge in [0.05, 0.1) is 25.6 Å². The van der Waals surface area contributed by atoms with Crippen LogP contribution < -0.4 is 0 Å². The van der Waals surface area contributed by atoms with Crippen LogP contribution in [0.3, 0.4) is 0 Å². The largest absolute Gasteiger partial charge is 0.467 e. The molecule has 5 atom stereocenters. The van der Waals surface area contributed by atoms with Gasteiger partial charge in [0, 0.05) is 20.8 Å². The molecule has 0 aliphatic carbocycles. The fourth-order valence-corrected chi connectivity index (χ4v) is 3.72. The summed E-state index contributed by atoms with van der Waals surface area (Å²) in [6.45, 7) is 8.39. The molecule has 0 aromatic carbocycles. The van der Waals surface area contributed by atoms with Crippen LogP contribution in [0.4, 0.5) is 0 Å². The van der Waals surface area contributed by atoms with Crippen LogP contribution in [0, 0.1) is 0 Å². The molecule has 2 aromatic rings. The van der Waals surface area contributed by atoms with Crippen molar-refractivity contribution in [2.24, 2.45) is 0 Å². The molecule has 0 unspecified atom stereocenters. The number of hydrogen-bond acceptors (Lipinski definition) is 13. The van der Waals surface area contributed by atoms with Gasteiger partial charge < -0.3 is 23.7 Å². The van der Waals surface area contributed by atoms with E-state index in [1.165, 1.54) is 49.6 Å². The Balaban J connectivity index is 1.96. The Morgan fingerprint density at radius 3 is 1.97 bits per heavy atom. The Kier molecular flexibility index (Phi) is 7.71. The van der Waals surface area contributed by atoms with Gasteiger partial charge in [-0.25, -0.2) is 14.2 Å². The van der Waals surface area contributed by atoms with Crippen LogP contribution in [0.1, 0.15) is 47.8 Å². The number of carbonyl (C=O) groups is 4. The summed E-state index contributed by atoms with van der Waals surface area (Å²) in [4.78, 5) is 47.5. The molecular weight excluding hydrogens is 480 g/mol. The fourth-order valence-electron chi connectivity index (χ4n) is 3.72. The maximum Gasteiger partial charge on any atom is 0.333 e. The lowest BCUT2D eigenvalue weighted by atomic mass is 9.98. The average molecular weight is 508 g/mol. The van der Waals surface area contributed by atoms with Crippen LogP contribution in [0.2, 0.25) is 0 Å². The highest BCUT2D eigenvalue weighted by Crippen LogP contribution is 2.34. The summed E-state index contributed by atoms with van der Waals surface area (Å²) in [5, 5.41) is 16.2. The number of nitrogens with zero attached hydrogens (tertiary/aromatic N) is 6. The SMILES string of the molecule is COC(=O)C(C)(C)n1cc(-c2cn([C@@H]3O[C@H](C)[C@H](OC(C)=O)[C@H](OC(C)=O)[C@H]3OC(C)=O)nn2)nn1. The van der Waals surface area contributed by atoms with Crippen molar-refractivity contribution in [2.75, 3.05) is 7.11 Å². The maximum atomic E-state index is 12.1. The molecule has 0 amide bonds. The second-order valence-corrected chi connectivity index (χ2v) is 8.64. The highest BCUT2D eigenvalue weighted by Gasteiger charge is 2.51. The highest BCUT2D eigenvalue weighted by molar-refractivity contribution is 5.77. The third-order valence-corrected chi connectivity index (χ3v) is 5.44. The first-order valence-electron chi connectivity index (χ1n) is 11.0. The van der Waals surface area contributed by atoms with Gasteiger partial charge in [0.1, 0.15) is 11.4 Å². The molecule has 0 bridgehead atoms. The summed E-state index contributed by atoms with van der Waals surface area (Å²) in [6.07, 6.45) is -2.36. The monoisotopic (exact) mass is 508 g/mol. The lowest BCUT2D eigenvalue weighted by Gasteiger charge is -2.43. The van der Waals surface area contributed by atoms with Crippen molar-refractivity contribution >= 4 is 23.9 Å². The lowest BCUT2D eigenvalue weighted by Crippen LogP contribution is -2.58. The van der Waals surface area contributed by atoms with Crippen molar-refractivity contribution in [3.63, 3.8) is 0 Å². The predicted octanol–water partition coefficient (Wildman–Crippen LogP) is 0.157. The second kappa shape index (κ2) is 10.4. The Labute approximate surface area is 205 Å². The summed E-state index contributed by atoms with van der Waals surface area (Å²) in [6, 6.07) is 0. The summed E-state index contributed by atoms with van der Waals surface area (Å²) < 4.78 is 29.5. The van der Waals surface area contributed by atoms with E-state index < -0.39 is 60.1 Å². The molecule has 15 nitrogen and oxygen atoms in total. The number of esters is 4. The van der Waals surface area contributed by atoms with Gasteiger partial charge in [-0.1, -0.05) is 10.4 Å². The van der Waals surface area contributed by atoms with Crippen molar-refractivity contribution in [1.29, 1.82) is 0 Å². The van der Waals surface area contributed by atoms with Crippen LogP contribution in [0.5, 0.6) is 0 Å². The zero-order valence-electron chi connectivity index (χ0n) is 20.9. The van der Waals surface area contributed by atoms with Crippen LogP contribution >= 0.6 is 0 Å². The maximum absolute atomic E-state index is 12.1. The molecule has 3 heterocycles. The number of aromatic nitrogens is 6. The summed E-state index contributed by atoms with van der Waals surface area (Å²) >= 11 is 0. The van der Waals surface area contributed by atoms with E-state index in [0.29, 0.717) is 5.69 Å². The minimum atomic E-state index is -1.23. The zero-order valence-corrected chi connectivity index (χ0v) is 20.9. The van der Waals surface area contributed by atoms with Crippen LogP contribution in [-0.2, 0) is 48.4 Å².